The third-order valence-electron chi connectivity index (χ3n) is 4.11. The second kappa shape index (κ2) is 6.53. The number of imidazole rings is 1. The van der Waals surface area contributed by atoms with Crippen molar-refractivity contribution in [2.75, 3.05) is 0 Å². The van der Waals surface area contributed by atoms with Gasteiger partial charge in [0.1, 0.15) is 5.82 Å². The standard InChI is InChI=1S/C19H21ClN2/c1-3-12-22-18-13-15(20)10-11-17(18)21-19(22)16(4-2)14-8-6-5-7-9-14/h5-11,13,16H,3-4,12H2,1-2H3. The molecule has 0 saturated carbocycles. The van der Waals surface area contributed by atoms with Crippen LogP contribution in [0.1, 0.15) is 44.0 Å². The maximum atomic E-state index is 6.19. The van der Waals surface area contributed by atoms with Gasteiger partial charge in [-0.15, -0.1) is 0 Å². The van der Waals surface area contributed by atoms with Crippen LogP contribution in [0.25, 0.3) is 11.0 Å². The molecule has 0 aliphatic heterocycles. The molecule has 0 saturated heterocycles. The highest BCUT2D eigenvalue weighted by atomic mass is 35.5. The third kappa shape index (κ3) is 2.76. The first kappa shape index (κ1) is 15.1. The number of benzene rings is 2. The fraction of sp³-hybridized carbons (Fsp3) is 0.316. The average molecular weight is 313 g/mol. The summed E-state index contributed by atoms with van der Waals surface area (Å²) in [6, 6.07) is 16.6. The summed E-state index contributed by atoms with van der Waals surface area (Å²) in [4.78, 5) is 4.92. The van der Waals surface area contributed by atoms with Crippen LogP contribution in [-0.2, 0) is 6.54 Å². The highest BCUT2D eigenvalue weighted by Crippen LogP contribution is 2.31. The largest absolute Gasteiger partial charge is 0.327 e. The van der Waals surface area contributed by atoms with Crippen molar-refractivity contribution in [2.45, 2.75) is 39.2 Å². The molecule has 0 bridgehead atoms. The molecule has 3 rings (SSSR count). The van der Waals surface area contributed by atoms with Crippen LogP contribution < -0.4 is 0 Å². The molecule has 0 spiro atoms. The van der Waals surface area contributed by atoms with Gasteiger partial charge in [0.2, 0.25) is 0 Å². The first-order chi connectivity index (χ1) is 10.7. The van der Waals surface area contributed by atoms with Crippen LogP contribution in [0.4, 0.5) is 0 Å². The molecular weight excluding hydrogens is 292 g/mol. The molecule has 2 aromatic carbocycles. The minimum atomic E-state index is 0.318. The van der Waals surface area contributed by atoms with Gasteiger partial charge in [-0.1, -0.05) is 55.8 Å². The zero-order chi connectivity index (χ0) is 15.5. The first-order valence-electron chi connectivity index (χ1n) is 7.95. The van der Waals surface area contributed by atoms with E-state index in [1.807, 2.05) is 18.2 Å². The molecular formula is C19H21ClN2. The van der Waals surface area contributed by atoms with Gasteiger partial charge in [-0.3, -0.25) is 0 Å². The van der Waals surface area contributed by atoms with Gasteiger partial charge in [0.05, 0.1) is 11.0 Å². The quantitative estimate of drug-likeness (QED) is 0.596. The maximum absolute atomic E-state index is 6.19. The molecule has 1 heterocycles. The fourth-order valence-electron chi connectivity index (χ4n) is 3.09. The Hall–Kier alpha value is -1.80. The predicted octanol–water partition coefficient (Wildman–Crippen LogP) is 5.64. The maximum Gasteiger partial charge on any atom is 0.117 e. The Bertz CT molecular complexity index is 762. The zero-order valence-electron chi connectivity index (χ0n) is 13.1. The summed E-state index contributed by atoms with van der Waals surface area (Å²) in [7, 11) is 0. The normalized spacial score (nSPS) is 12.7. The SMILES string of the molecule is CCCn1c(C(CC)c2ccccc2)nc2ccc(Cl)cc21. The number of hydrogen-bond donors (Lipinski definition) is 0. The number of aryl methyl sites for hydroxylation is 1. The van der Waals surface area contributed by atoms with Crippen molar-refractivity contribution in [3.8, 4) is 0 Å². The number of halogens is 1. The summed E-state index contributed by atoms with van der Waals surface area (Å²) in [6.45, 7) is 5.39. The van der Waals surface area contributed by atoms with E-state index in [-0.39, 0.29) is 0 Å². The van der Waals surface area contributed by atoms with Crippen LogP contribution in [0.2, 0.25) is 5.02 Å². The second-order valence-electron chi connectivity index (χ2n) is 5.63. The third-order valence-corrected chi connectivity index (χ3v) is 4.34. The Morgan fingerprint density at radius 2 is 1.86 bits per heavy atom. The molecule has 0 aliphatic rings. The van der Waals surface area contributed by atoms with Gasteiger partial charge >= 0.3 is 0 Å². The van der Waals surface area contributed by atoms with Crippen molar-refractivity contribution in [2.24, 2.45) is 0 Å². The first-order valence-corrected chi connectivity index (χ1v) is 8.33. The van der Waals surface area contributed by atoms with Crippen LogP contribution >= 0.6 is 11.6 Å². The van der Waals surface area contributed by atoms with Crippen molar-refractivity contribution in [3.05, 3.63) is 64.9 Å². The molecule has 22 heavy (non-hydrogen) atoms. The molecule has 3 aromatic rings. The van der Waals surface area contributed by atoms with Crippen LogP contribution in [0.15, 0.2) is 48.5 Å². The van der Waals surface area contributed by atoms with Gasteiger partial charge in [-0.05, 0) is 36.6 Å². The molecule has 1 unspecified atom stereocenters. The lowest BCUT2D eigenvalue weighted by Gasteiger charge is -2.17. The van der Waals surface area contributed by atoms with E-state index in [1.54, 1.807) is 0 Å². The minimum Gasteiger partial charge on any atom is -0.327 e. The highest BCUT2D eigenvalue weighted by Gasteiger charge is 2.20. The summed E-state index contributed by atoms with van der Waals surface area (Å²) >= 11 is 6.19. The van der Waals surface area contributed by atoms with E-state index in [9.17, 15) is 0 Å². The van der Waals surface area contributed by atoms with Crippen LogP contribution in [-0.4, -0.2) is 9.55 Å². The van der Waals surface area contributed by atoms with E-state index < -0.39 is 0 Å². The van der Waals surface area contributed by atoms with E-state index in [2.05, 4.69) is 48.7 Å². The van der Waals surface area contributed by atoms with Gasteiger partial charge in [-0.2, -0.15) is 0 Å². The molecule has 0 radical (unpaired) electrons. The van der Waals surface area contributed by atoms with Crippen LogP contribution in [0.3, 0.4) is 0 Å². The lowest BCUT2D eigenvalue weighted by Crippen LogP contribution is -2.10. The van der Waals surface area contributed by atoms with Gasteiger partial charge in [-0.25, -0.2) is 4.98 Å². The van der Waals surface area contributed by atoms with E-state index in [1.165, 1.54) is 5.56 Å². The van der Waals surface area contributed by atoms with E-state index >= 15 is 0 Å². The Morgan fingerprint density at radius 1 is 1.09 bits per heavy atom. The second-order valence-corrected chi connectivity index (χ2v) is 6.06. The van der Waals surface area contributed by atoms with Crippen molar-refractivity contribution < 1.29 is 0 Å². The number of rotatable bonds is 5. The number of hydrogen-bond acceptors (Lipinski definition) is 1. The smallest absolute Gasteiger partial charge is 0.117 e. The van der Waals surface area contributed by atoms with Crippen molar-refractivity contribution in [3.63, 3.8) is 0 Å². The molecule has 0 aliphatic carbocycles. The summed E-state index contributed by atoms with van der Waals surface area (Å²) in [5.41, 5.74) is 3.49. The Morgan fingerprint density at radius 3 is 2.55 bits per heavy atom. The molecule has 0 N–H and O–H groups in total. The number of aromatic nitrogens is 2. The lowest BCUT2D eigenvalue weighted by molar-refractivity contribution is 0.609. The molecule has 114 valence electrons. The van der Waals surface area contributed by atoms with E-state index in [4.69, 9.17) is 16.6 Å². The molecule has 1 atom stereocenters. The van der Waals surface area contributed by atoms with Crippen molar-refractivity contribution >= 4 is 22.6 Å². The monoisotopic (exact) mass is 312 g/mol. The number of fused-ring (bicyclic) bond motifs is 1. The van der Waals surface area contributed by atoms with Crippen molar-refractivity contribution in [1.82, 2.24) is 9.55 Å². The Balaban J connectivity index is 2.18. The Kier molecular flexibility index (Phi) is 4.49. The average Bonchev–Trinajstić information content (AvgIpc) is 2.88. The molecule has 3 heteroatoms. The Labute approximate surface area is 136 Å². The lowest BCUT2D eigenvalue weighted by atomic mass is 9.95. The van der Waals surface area contributed by atoms with Crippen LogP contribution in [0.5, 0.6) is 0 Å². The number of nitrogens with zero attached hydrogens (tertiary/aromatic N) is 2. The zero-order valence-corrected chi connectivity index (χ0v) is 13.8. The molecule has 1 aromatic heterocycles. The highest BCUT2D eigenvalue weighted by molar-refractivity contribution is 6.31. The summed E-state index contributed by atoms with van der Waals surface area (Å²) in [5.74, 6) is 1.46. The summed E-state index contributed by atoms with van der Waals surface area (Å²) in [5, 5.41) is 0.768. The van der Waals surface area contributed by atoms with E-state index in [0.717, 1.165) is 41.3 Å². The van der Waals surface area contributed by atoms with Gasteiger partial charge < -0.3 is 4.57 Å². The summed E-state index contributed by atoms with van der Waals surface area (Å²) in [6.07, 6.45) is 2.11. The molecule has 0 fully saturated rings. The summed E-state index contributed by atoms with van der Waals surface area (Å²) < 4.78 is 2.34. The predicted molar refractivity (Wildman–Crippen MR) is 93.6 cm³/mol. The minimum absolute atomic E-state index is 0.318. The fourth-order valence-corrected chi connectivity index (χ4v) is 3.26. The topological polar surface area (TPSA) is 17.8 Å². The van der Waals surface area contributed by atoms with E-state index in [0.29, 0.717) is 5.92 Å². The molecule has 0 amide bonds. The molecule has 2 nitrogen and oxygen atoms in total. The van der Waals surface area contributed by atoms with Gasteiger partial charge in [0.25, 0.3) is 0 Å². The van der Waals surface area contributed by atoms with Gasteiger partial charge in [0.15, 0.2) is 0 Å². The van der Waals surface area contributed by atoms with Gasteiger partial charge in [0, 0.05) is 17.5 Å². The van der Waals surface area contributed by atoms with Crippen LogP contribution in [0, 0.1) is 0 Å². The van der Waals surface area contributed by atoms with Crippen molar-refractivity contribution in [1.29, 1.82) is 0 Å².